The molecule has 3 N–H and O–H groups in total. The maximum Gasteiger partial charge on any atom is 0.331 e. The quantitative estimate of drug-likeness (QED) is 0.0968. The topological polar surface area (TPSA) is 112 Å². The van der Waals surface area contributed by atoms with E-state index in [1.165, 1.54) is 96.3 Å². The summed E-state index contributed by atoms with van der Waals surface area (Å²) in [5, 5.41) is 24.9. The van der Waals surface area contributed by atoms with Gasteiger partial charge in [-0.15, -0.1) is 0 Å². The number of carboxylic acid groups (broad SMARTS) is 3. The van der Waals surface area contributed by atoms with Gasteiger partial charge >= 0.3 is 17.9 Å². The molecular weight excluding hydrogens is 492 g/mol. The third-order valence-electron chi connectivity index (χ3n) is 7.18. The molecule has 6 nitrogen and oxygen atoms in total. The molecule has 1 saturated carbocycles. The van der Waals surface area contributed by atoms with Gasteiger partial charge in [0.1, 0.15) is 0 Å². The molecule has 0 heterocycles. The molecule has 0 aliphatic heterocycles. The Morgan fingerprint density at radius 2 is 1.00 bits per heavy atom. The van der Waals surface area contributed by atoms with Crippen molar-refractivity contribution in [3.63, 3.8) is 0 Å². The Balaban J connectivity index is 0. The maximum absolute atomic E-state index is 10.6. The largest absolute Gasteiger partial charge is 0.478 e. The minimum atomic E-state index is -0.981. The van der Waals surface area contributed by atoms with Gasteiger partial charge in [-0.1, -0.05) is 142 Å². The molecular formula is C33H58O6. The second-order valence-electron chi connectivity index (χ2n) is 10.7. The summed E-state index contributed by atoms with van der Waals surface area (Å²) in [6, 6.07) is 0. The molecule has 0 radical (unpaired) electrons. The van der Waals surface area contributed by atoms with Crippen LogP contribution in [-0.2, 0) is 14.4 Å². The number of rotatable bonds is 21. The highest BCUT2D eigenvalue weighted by molar-refractivity contribution is 5.86. The van der Waals surface area contributed by atoms with Crippen LogP contribution < -0.4 is 0 Å². The zero-order chi connectivity index (χ0) is 29.7. The molecule has 226 valence electrons. The Hall–Kier alpha value is -2.37. The molecule has 1 aliphatic carbocycles. The Morgan fingerprint density at radius 1 is 0.641 bits per heavy atom. The van der Waals surface area contributed by atoms with Crippen molar-refractivity contribution in [1.29, 1.82) is 0 Å². The lowest BCUT2D eigenvalue weighted by Gasteiger charge is -2.20. The molecule has 0 spiro atoms. The molecule has 0 bridgehead atoms. The Kier molecular flexibility index (Phi) is 28.5. The van der Waals surface area contributed by atoms with Crippen LogP contribution in [0, 0.1) is 5.92 Å². The van der Waals surface area contributed by atoms with Crippen molar-refractivity contribution in [2.24, 2.45) is 5.92 Å². The van der Waals surface area contributed by atoms with E-state index in [1.54, 1.807) is 0 Å². The number of carboxylic acids is 3. The van der Waals surface area contributed by atoms with Gasteiger partial charge in [0.15, 0.2) is 0 Å². The number of hydrogen-bond donors (Lipinski definition) is 3. The minimum absolute atomic E-state index is 0.251. The summed E-state index contributed by atoms with van der Waals surface area (Å²) in [6.07, 6.45) is 28.6. The van der Waals surface area contributed by atoms with E-state index in [1.807, 2.05) is 0 Å². The van der Waals surface area contributed by atoms with Gasteiger partial charge in [-0.25, -0.2) is 14.4 Å². The third kappa shape index (κ3) is 28.5. The highest BCUT2D eigenvalue weighted by Gasteiger charge is 2.20. The number of hydrogen-bond acceptors (Lipinski definition) is 3. The Morgan fingerprint density at radius 3 is 1.31 bits per heavy atom. The molecule has 0 amide bonds. The fourth-order valence-electron chi connectivity index (χ4n) is 4.62. The van der Waals surface area contributed by atoms with E-state index in [-0.39, 0.29) is 5.92 Å². The molecule has 0 unspecified atom stereocenters. The van der Waals surface area contributed by atoms with Crippen LogP contribution in [0.25, 0.3) is 0 Å². The number of carbonyl (C=O) groups is 3. The summed E-state index contributed by atoms with van der Waals surface area (Å²) < 4.78 is 0. The Labute approximate surface area is 238 Å². The molecule has 1 rings (SSSR count). The smallest absolute Gasteiger partial charge is 0.331 e. The molecule has 0 saturated heterocycles. The van der Waals surface area contributed by atoms with Crippen LogP contribution in [0.2, 0.25) is 0 Å². The van der Waals surface area contributed by atoms with Crippen LogP contribution >= 0.6 is 0 Å². The van der Waals surface area contributed by atoms with Crippen molar-refractivity contribution in [3.05, 3.63) is 37.0 Å². The monoisotopic (exact) mass is 550 g/mol. The molecule has 0 aromatic carbocycles. The maximum atomic E-state index is 10.6. The number of unbranched alkanes of at least 4 members (excludes halogenated alkanes) is 15. The predicted octanol–water partition coefficient (Wildman–Crippen LogP) is 9.74. The lowest BCUT2D eigenvalue weighted by molar-refractivity contribution is -0.134. The van der Waals surface area contributed by atoms with Crippen LogP contribution in [0.3, 0.4) is 0 Å². The van der Waals surface area contributed by atoms with Gasteiger partial charge in [-0.2, -0.15) is 0 Å². The van der Waals surface area contributed by atoms with E-state index in [9.17, 15) is 14.4 Å². The van der Waals surface area contributed by atoms with Crippen molar-refractivity contribution >= 4 is 17.9 Å². The van der Waals surface area contributed by atoms with Crippen molar-refractivity contribution < 1.29 is 29.7 Å². The van der Waals surface area contributed by atoms with Crippen LogP contribution in [0.4, 0.5) is 0 Å². The van der Waals surface area contributed by atoms with E-state index < -0.39 is 17.9 Å². The van der Waals surface area contributed by atoms with Gasteiger partial charge in [0.25, 0.3) is 0 Å². The van der Waals surface area contributed by atoms with Crippen molar-refractivity contribution in [2.75, 3.05) is 0 Å². The van der Waals surface area contributed by atoms with Crippen molar-refractivity contribution in [2.45, 2.75) is 148 Å². The normalized spacial score (nSPS) is 12.7. The summed E-state index contributed by atoms with van der Waals surface area (Å²) in [7, 11) is 0. The van der Waals surface area contributed by atoms with E-state index in [4.69, 9.17) is 15.3 Å². The van der Waals surface area contributed by atoms with E-state index >= 15 is 0 Å². The highest BCUT2D eigenvalue weighted by Crippen LogP contribution is 2.28. The first-order valence-corrected chi connectivity index (χ1v) is 15.4. The average molecular weight is 551 g/mol. The summed E-state index contributed by atoms with van der Waals surface area (Å²) in [6.45, 7) is 12.4. The lowest BCUT2D eigenvalue weighted by atomic mass is 9.84. The first-order valence-electron chi connectivity index (χ1n) is 15.4. The molecule has 1 fully saturated rings. The predicted molar refractivity (Wildman–Crippen MR) is 162 cm³/mol. The first kappa shape index (κ1) is 38.8. The van der Waals surface area contributed by atoms with E-state index in [2.05, 4.69) is 26.7 Å². The summed E-state index contributed by atoms with van der Waals surface area (Å²) in [5.41, 5.74) is 0.764. The summed E-state index contributed by atoms with van der Waals surface area (Å²) in [5.74, 6) is -2.39. The van der Waals surface area contributed by atoms with Crippen LogP contribution in [0.5, 0.6) is 0 Å². The lowest BCUT2D eigenvalue weighted by Crippen LogP contribution is -2.14. The van der Waals surface area contributed by atoms with E-state index in [0.717, 1.165) is 44.6 Å². The fourth-order valence-corrected chi connectivity index (χ4v) is 4.62. The second kappa shape index (κ2) is 28.6. The standard InChI is InChI=1S/C21H40O2.C9H14O2.C3H4O2/c1-3-4-5-6-7-8-9-10-11-12-13-14-15-16-17-18-19-20(2)21(22)23;1-7(9(10)11)8-5-3-2-4-6-8;1-2-3(4)5/h2-19H2,1H3,(H,22,23);8H,1-6H2,(H,10,11);2H,1H2,(H,4,5). The second-order valence-corrected chi connectivity index (χ2v) is 10.7. The molecule has 1 aliphatic rings. The van der Waals surface area contributed by atoms with Crippen LogP contribution in [0.1, 0.15) is 148 Å². The zero-order valence-electron chi connectivity index (χ0n) is 24.9. The fraction of sp³-hybridized carbons (Fsp3) is 0.727. The summed E-state index contributed by atoms with van der Waals surface area (Å²) >= 11 is 0. The molecule has 39 heavy (non-hydrogen) atoms. The van der Waals surface area contributed by atoms with Crippen LogP contribution in [-0.4, -0.2) is 33.2 Å². The third-order valence-corrected chi connectivity index (χ3v) is 7.18. The van der Waals surface area contributed by atoms with Gasteiger partial charge < -0.3 is 15.3 Å². The molecule has 6 heteroatoms. The highest BCUT2D eigenvalue weighted by atomic mass is 16.4. The summed E-state index contributed by atoms with van der Waals surface area (Å²) in [4.78, 5) is 30.3. The van der Waals surface area contributed by atoms with Gasteiger partial charge in [-0.05, 0) is 31.6 Å². The van der Waals surface area contributed by atoms with E-state index in [0.29, 0.717) is 17.6 Å². The van der Waals surface area contributed by atoms with Gasteiger partial charge in [0.2, 0.25) is 0 Å². The zero-order valence-corrected chi connectivity index (χ0v) is 24.9. The Bertz CT molecular complexity index is 676. The SMILES string of the molecule is C=C(C(=O)O)C1CCCCC1.C=C(CCCCCCCCCCCCCCCCCC)C(=O)O.C=CC(=O)O. The average Bonchev–Trinajstić information content (AvgIpc) is 2.93. The van der Waals surface area contributed by atoms with Gasteiger partial charge in [0, 0.05) is 17.2 Å². The van der Waals surface area contributed by atoms with Gasteiger partial charge in [0.05, 0.1) is 0 Å². The van der Waals surface area contributed by atoms with Crippen LogP contribution in [0.15, 0.2) is 37.0 Å². The molecule has 0 aromatic rings. The first-order chi connectivity index (χ1) is 18.7. The molecule has 0 aromatic heterocycles. The van der Waals surface area contributed by atoms with Crippen molar-refractivity contribution in [1.82, 2.24) is 0 Å². The number of aliphatic carboxylic acids is 3. The minimum Gasteiger partial charge on any atom is -0.478 e. The van der Waals surface area contributed by atoms with Crippen molar-refractivity contribution in [3.8, 4) is 0 Å². The molecule has 0 atom stereocenters. The van der Waals surface area contributed by atoms with Gasteiger partial charge in [-0.3, -0.25) is 0 Å².